The van der Waals surface area contributed by atoms with Crippen molar-refractivity contribution in [3.8, 4) is 5.75 Å². The van der Waals surface area contributed by atoms with E-state index in [0.717, 1.165) is 32.6 Å². The van der Waals surface area contributed by atoms with Gasteiger partial charge in [-0.25, -0.2) is 8.42 Å². The molecule has 0 bridgehead atoms. The van der Waals surface area contributed by atoms with E-state index >= 15 is 0 Å². The quantitative estimate of drug-likeness (QED) is 0.294. The molecule has 3 rings (SSSR count). The first kappa shape index (κ1) is 31.2. The highest BCUT2D eigenvalue weighted by Crippen LogP contribution is 2.24. The number of carbonyl (C=O) groups excluding carboxylic acids is 2. The third-order valence-corrected chi connectivity index (χ3v) is 8.23. The molecule has 8 nitrogen and oxygen atoms in total. The van der Waals surface area contributed by atoms with E-state index in [1.807, 2.05) is 68.4 Å². The lowest BCUT2D eigenvalue weighted by molar-refractivity contribution is -0.140. The Morgan fingerprint density at radius 1 is 0.975 bits per heavy atom. The Morgan fingerprint density at radius 2 is 1.65 bits per heavy atom. The predicted octanol–water partition coefficient (Wildman–Crippen LogP) is 4.78. The Balaban J connectivity index is 2.06. The van der Waals surface area contributed by atoms with Crippen molar-refractivity contribution in [1.82, 2.24) is 10.2 Å². The zero-order chi connectivity index (χ0) is 29.3. The number of sulfonamides is 1. The van der Waals surface area contributed by atoms with E-state index in [1.54, 1.807) is 24.3 Å². The van der Waals surface area contributed by atoms with Crippen LogP contribution in [0.25, 0.3) is 0 Å². The molecule has 0 aliphatic carbocycles. The summed E-state index contributed by atoms with van der Waals surface area (Å²) in [4.78, 5) is 29.3. The Labute approximate surface area is 245 Å². The van der Waals surface area contributed by atoms with Gasteiger partial charge >= 0.3 is 0 Å². The summed E-state index contributed by atoms with van der Waals surface area (Å²) in [5.74, 6) is -0.340. The van der Waals surface area contributed by atoms with Crippen LogP contribution in [0.2, 0.25) is 0 Å². The zero-order valence-electron chi connectivity index (χ0n) is 23.2. The van der Waals surface area contributed by atoms with Crippen molar-refractivity contribution >= 4 is 43.5 Å². The van der Waals surface area contributed by atoms with Crippen molar-refractivity contribution in [1.29, 1.82) is 0 Å². The average Bonchev–Trinajstić information content (AvgIpc) is 2.94. The molecule has 1 N–H and O–H groups in total. The molecule has 0 aliphatic rings. The molecule has 40 heavy (non-hydrogen) atoms. The minimum Gasteiger partial charge on any atom is -0.497 e. The van der Waals surface area contributed by atoms with Crippen molar-refractivity contribution in [3.05, 3.63) is 94.5 Å². The fraction of sp³-hybridized carbons (Fsp3) is 0.333. The minimum absolute atomic E-state index is 0.0975. The molecule has 0 spiro atoms. The molecule has 2 atom stereocenters. The first-order valence-electron chi connectivity index (χ1n) is 13.0. The molecule has 0 aromatic heterocycles. The number of hydrogen-bond donors (Lipinski definition) is 1. The molecule has 0 radical (unpaired) electrons. The molecule has 0 unspecified atom stereocenters. The highest BCUT2D eigenvalue weighted by molar-refractivity contribution is 9.10. The Bertz CT molecular complexity index is 1380. The number of rotatable bonds is 13. The Morgan fingerprint density at radius 3 is 2.25 bits per heavy atom. The van der Waals surface area contributed by atoms with Gasteiger partial charge in [0.15, 0.2) is 0 Å². The second-order valence-corrected chi connectivity index (χ2v) is 12.5. The van der Waals surface area contributed by atoms with E-state index in [9.17, 15) is 18.0 Å². The number of carbonyl (C=O) groups is 2. The maximum Gasteiger partial charge on any atom is 0.244 e. The monoisotopic (exact) mass is 629 g/mol. The second-order valence-electron chi connectivity index (χ2n) is 9.64. The van der Waals surface area contributed by atoms with Gasteiger partial charge in [-0.1, -0.05) is 71.4 Å². The molecule has 3 aromatic rings. The molecule has 0 heterocycles. The SMILES string of the molecule is CC[C@@H](C)NC(=O)[C@H](Cc1ccccc1)N(Cc1ccc(Br)cc1)C(=O)CN(c1cccc(OC)c1)S(C)(=O)=O. The van der Waals surface area contributed by atoms with Gasteiger partial charge in [-0.3, -0.25) is 13.9 Å². The number of benzene rings is 3. The van der Waals surface area contributed by atoms with Crippen molar-refractivity contribution in [2.75, 3.05) is 24.2 Å². The topological polar surface area (TPSA) is 96.0 Å². The standard InChI is InChI=1S/C30H36BrN3O5S/c1-5-22(2)32-30(36)28(18-23-10-7-6-8-11-23)33(20-24-14-16-25(31)17-15-24)29(35)21-34(40(4,37)38)26-12-9-13-27(19-26)39-3/h6-17,19,22,28H,5,18,20-21H2,1-4H3,(H,32,36)/t22-,28+/m1/s1. The van der Waals surface area contributed by atoms with Crippen LogP contribution in [0.5, 0.6) is 5.75 Å². The largest absolute Gasteiger partial charge is 0.497 e. The van der Waals surface area contributed by atoms with Crippen LogP contribution in [0.15, 0.2) is 83.3 Å². The summed E-state index contributed by atoms with van der Waals surface area (Å²) in [6.45, 7) is 3.52. The molecule has 0 saturated heterocycles. The highest BCUT2D eigenvalue weighted by Gasteiger charge is 2.33. The molecule has 3 aromatic carbocycles. The van der Waals surface area contributed by atoms with Gasteiger partial charge in [0.05, 0.1) is 19.1 Å². The lowest BCUT2D eigenvalue weighted by Gasteiger charge is -2.34. The summed E-state index contributed by atoms with van der Waals surface area (Å²) in [5, 5.41) is 3.02. The smallest absolute Gasteiger partial charge is 0.244 e. The van der Waals surface area contributed by atoms with Gasteiger partial charge in [-0.2, -0.15) is 0 Å². The maximum atomic E-state index is 14.1. The fourth-order valence-corrected chi connectivity index (χ4v) is 5.27. The van der Waals surface area contributed by atoms with Gasteiger partial charge in [0, 0.05) is 29.5 Å². The molecule has 214 valence electrons. The van der Waals surface area contributed by atoms with E-state index < -0.39 is 28.5 Å². The fourth-order valence-electron chi connectivity index (χ4n) is 4.16. The van der Waals surface area contributed by atoms with Gasteiger partial charge in [0.2, 0.25) is 21.8 Å². The summed E-state index contributed by atoms with van der Waals surface area (Å²) >= 11 is 3.44. The summed E-state index contributed by atoms with van der Waals surface area (Å²) in [7, 11) is -2.37. The number of anilines is 1. The maximum absolute atomic E-state index is 14.1. The zero-order valence-corrected chi connectivity index (χ0v) is 25.6. The van der Waals surface area contributed by atoms with Crippen LogP contribution in [-0.4, -0.2) is 57.1 Å². The number of nitrogens with zero attached hydrogens (tertiary/aromatic N) is 2. The molecule has 0 fully saturated rings. The van der Waals surface area contributed by atoms with E-state index in [-0.39, 0.29) is 24.9 Å². The number of methoxy groups -OCH3 is 1. The first-order chi connectivity index (χ1) is 19.0. The van der Waals surface area contributed by atoms with Gasteiger partial charge in [-0.15, -0.1) is 0 Å². The van der Waals surface area contributed by atoms with Crippen molar-refractivity contribution in [2.45, 2.75) is 45.3 Å². The molecule has 10 heteroatoms. The van der Waals surface area contributed by atoms with Gasteiger partial charge in [0.1, 0.15) is 18.3 Å². The Hall–Kier alpha value is -3.37. The summed E-state index contributed by atoms with van der Waals surface area (Å²) < 4.78 is 33.0. The number of ether oxygens (including phenoxy) is 1. The van der Waals surface area contributed by atoms with E-state index in [4.69, 9.17) is 4.74 Å². The van der Waals surface area contributed by atoms with Gasteiger partial charge < -0.3 is 15.0 Å². The van der Waals surface area contributed by atoms with Gasteiger partial charge in [0.25, 0.3) is 0 Å². The summed E-state index contributed by atoms with van der Waals surface area (Å²) in [5.41, 5.74) is 1.98. The normalized spacial score (nSPS) is 12.7. The summed E-state index contributed by atoms with van der Waals surface area (Å²) in [6, 6.07) is 22.5. The summed E-state index contributed by atoms with van der Waals surface area (Å²) in [6.07, 6.45) is 2.04. The van der Waals surface area contributed by atoms with Crippen LogP contribution < -0.4 is 14.4 Å². The van der Waals surface area contributed by atoms with Crippen LogP contribution in [0, 0.1) is 0 Å². The van der Waals surface area contributed by atoms with E-state index in [1.165, 1.54) is 12.0 Å². The predicted molar refractivity (Wildman–Crippen MR) is 162 cm³/mol. The van der Waals surface area contributed by atoms with Crippen molar-refractivity contribution in [3.63, 3.8) is 0 Å². The Kier molecular flexibility index (Phi) is 11.2. The lowest BCUT2D eigenvalue weighted by atomic mass is 10.0. The number of nitrogens with one attached hydrogen (secondary N) is 1. The molecular formula is C30H36BrN3O5S. The number of hydrogen-bond acceptors (Lipinski definition) is 5. The average molecular weight is 631 g/mol. The van der Waals surface area contributed by atoms with Crippen molar-refractivity contribution in [2.24, 2.45) is 0 Å². The number of halogens is 1. The molecular weight excluding hydrogens is 594 g/mol. The van der Waals surface area contributed by atoms with E-state index in [0.29, 0.717) is 11.4 Å². The third kappa shape index (κ3) is 8.82. The lowest BCUT2D eigenvalue weighted by Crippen LogP contribution is -2.54. The van der Waals surface area contributed by atoms with Crippen LogP contribution in [0.4, 0.5) is 5.69 Å². The first-order valence-corrected chi connectivity index (χ1v) is 15.7. The minimum atomic E-state index is -3.85. The molecule has 0 aliphatic heterocycles. The van der Waals surface area contributed by atoms with Gasteiger partial charge in [-0.05, 0) is 48.7 Å². The van der Waals surface area contributed by atoms with Crippen LogP contribution in [0.3, 0.4) is 0 Å². The highest BCUT2D eigenvalue weighted by atomic mass is 79.9. The van der Waals surface area contributed by atoms with Crippen molar-refractivity contribution < 1.29 is 22.7 Å². The van der Waals surface area contributed by atoms with Crippen LogP contribution in [0.1, 0.15) is 31.4 Å². The second kappa shape index (κ2) is 14.3. The molecule has 0 saturated carbocycles. The van der Waals surface area contributed by atoms with Crippen LogP contribution >= 0.6 is 15.9 Å². The van der Waals surface area contributed by atoms with E-state index in [2.05, 4.69) is 21.2 Å². The van der Waals surface area contributed by atoms with Crippen LogP contribution in [-0.2, 0) is 32.6 Å². The third-order valence-electron chi connectivity index (χ3n) is 6.56. The molecule has 2 amide bonds. The number of amides is 2.